The maximum Gasteiger partial charge on any atom is 0.251 e. The Hall–Kier alpha value is -3.08. The molecular weight excluding hydrogens is 525 g/mol. The lowest BCUT2D eigenvalue weighted by Crippen LogP contribution is -2.43. The van der Waals surface area contributed by atoms with Gasteiger partial charge in [0.2, 0.25) is 0 Å². The number of carbonyl (C=O) groups excluding carboxylic acids is 1. The molecule has 214 valence electrons. The van der Waals surface area contributed by atoms with Gasteiger partial charge >= 0.3 is 0 Å². The van der Waals surface area contributed by atoms with Gasteiger partial charge in [-0.1, -0.05) is 32.9 Å². The molecule has 3 heterocycles. The lowest BCUT2D eigenvalue weighted by molar-refractivity contribution is 0.0946. The van der Waals surface area contributed by atoms with E-state index in [1.165, 1.54) is 12.1 Å². The molecule has 0 radical (unpaired) electrons. The first-order valence-corrected chi connectivity index (χ1v) is 17.0. The Labute approximate surface area is 237 Å². The van der Waals surface area contributed by atoms with Crippen molar-refractivity contribution in [2.75, 3.05) is 55.8 Å². The van der Waals surface area contributed by atoms with Crippen molar-refractivity contribution >= 4 is 36.8 Å². The van der Waals surface area contributed by atoms with Crippen LogP contribution in [-0.4, -0.2) is 70.2 Å². The number of ether oxygens (including phenoxy) is 1. The third-order valence-electron chi connectivity index (χ3n) is 8.45. The van der Waals surface area contributed by atoms with Gasteiger partial charge in [0.05, 0.1) is 43.3 Å². The van der Waals surface area contributed by atoms with Crippen molar-refractivity contribution in [1.29, 1.82) is 0 Å². The van der Waals surface area contributed by atoms with Gasteiger partial charge in [-0.25, -0.2) is 9.37 Å². The first-order chi connectivity index (χ1) is 19.0. The number of fused-ring (bicyclic) bond motifs is 1. The Morgan fingerprint density at radius 3 is 2.52 bits per heavy atom. The van der Waals surface area contributed by atoms with Gasteiger partial charge < -0.3 is 24.3 Å². The SMILES string of the molecule is CC(C)(C)[Si](C)(C)OCCNC(=O)c1cc(N2CCC2c2ccc(F)cc2)c2nc(N3CCOCC3)cnc2c1. The summed E-state index contributed by atoms with van der Waals surface area (Å²) in [7, 11) is -1.89. The first-order valence-electron chi connectivity index (χ1n) is 14.1. The number of hydrogen-bond donors (Lipinski definition) is 1. The van der Waals surface area contributed by atoms with Gasteiger partial charge in [-0.2, -0.15) is 0 Å². The molecule has 0 spiro atoms. The van der Waals surface area contributed by atoms with E-state index in [2.05, 4.69) is 49.0 Å². The molecule has 1 amide bonds. The van der Waals surface area contributed by atoms with E-state index in [4.69, 9.17) is 19.1 Å². The molecule has 1 atom stereocenters. The lowest BCUT2D eigenvalue weighted by Gasteiger charge is -2.43. The molecule has 1 unspecified atom stereocenters. The van der Waals surface area contributed by atoms with Crippen molar-refractivity contribution in [3.8, 4) is 0 Å². The molecule has 2 fully saturated rings. The van der Waals surface area contributed by atoms with Crippen LogP contribution in [0.25, 0.3) is 11.0 Å². The average molecular weight is 566 g/mol. The highest BCUT2D eigenvalue weighted by molar-refractivity contribution is 6.74. The molecular formula is C30H40FN5O3Si. The topological polar surface area (TPSA) is 79.8 Å². The molecule has 2 aliphatic heterocycles. The second-order valence-corrected chi connectivity index (χ2v) is 16.9. The van der Waals surface area contributed by atoms with Crippen molar-refractivity contribution in [1.82, 2.24) is 15.3 Å². The molecule has 0 aliphatic carbocycles. The van der Waals surface area contributed by atoms with Crippen LogP contribution < -0.4 is 15.1 Å². The fraction of sp³-hybridized carbons (Fsp3) is 0.500. The second-order valence-electron chi connectivity index (χ2n) is 12.1. The van der Waals surface area contributed by atoms with E-state index < -0.39 is 8.32 Å². The summed E-state index contributed by atoms with van der Waals surface area (Å²) in [4.78, 5) is 27.5. The van der Waals surface area contributed by atoms with E-state index in [0.29, 0.717) is 37.4 Å². The van der Waals surface area contributed by atoms with Crippen molar-refractivity contribution in [3.05, 3.63) is 59.5 Å². The van der Waals surface area contributed by atoms with Crippen LogP contribution in [0.15, 0.2) is 42.6 Å². The number of anilines is 2. The summed E-state index contributed by atoms with van der Waals surface area (Å²) in [6, 6.07) is 10.5. The van der Waals surface area contributed by atoms with Crippen LogP contribution in [0.1, 0.15) is 49.2 Å². The summed E-state index contributed by atoms with van der Waals surface area (Å²) >= 11 is 0. The number of benzene rings is 2. The maximum atomic E-state index is 13.6. The molecule has 2 saturated heterocycles. The predicted molar refractivity (Wildman–Crippen MR) is 159 cm³/mol. The molecule has 10 heteroatoms. The maximum absolute atomic E-state index is 13.6. The van der Waals surface area contributed by atoms with Crippen LogP contribution in [0.4, 0.5) is 15.9 Å². The second kappa shape index (κ2) is 11.4. The fourth-order valence-electron chi connectivity index (χ4n) is 4.88. The van der Waals surface area contributed by atoms with Gasteiger partial charge in [-0.3, -0.25) is 9.78 Å². The number of nitrogens with one attached hydrogen (secondary N) is 1. The molecule has 2 aliphatic rings. The molecule has 3 aromatic rings. The molecule has 8 nitrogen and oxygen atoms in total. The predicted octanol–water partition coefficient (Wildman–Crippen LogP) is 5.31. The monoisotopic (exact) mass is 565 g/mol. The van der Waals surface area contributed by atoms with Gasteiger partial charge in [0, 0.05) is 31.7 Å². The summed E-state index contributed by atoms with van der Waals surface area (Å²) in [5.74, 6) is 0.382. The minimum atomic E-state index is -1.89. The number of halogens is 1. The minimum absolute atomic E-state index is 0.0777. The van der Waals surface area contributed by atoms with E-state index in [9.17, 15) is 9.18 Å². The van der Waals surface area contributed by atoms with E-state index in [0.717, 1.165) is 48.6 Å². The van der Waals surface area contributed by atoms with E-state index in [1.54, 1.807) is 6.20 Å². The summed E-state index contributed by atoms with van der Waals surface area (Å²) in [6.45, 7) is 15.6. The zero-order chi connectivity index (χ0) is 28.5. The smallest absolute Gasteiger partial charge is 0.251 e. The molecule has 2 aromatic carbocycles. The molecule has 0 bridgehead atoms. The van der Waals surface area contributed by atoms with Crippen molar-refractivity contribution < 1.29 is 18.3 Å². The van der Waals surface area contributed by atoms with Gasteiger partial charge in [-0.05, 0) is 54.4 Å². The summed E-state index contributed by atoms with van der Waals surface area (Å²) in [5, 5.41) is 3.14. The van der Waals surface area contributed by atoms with Crippen LogP contribution in [0, 0.1) is 5.82 Å². The van der Waals surface area contributed by atoms with Gasteiger partial charge in [0.15, 0.2) is 8.32 Å². The zero-order valence-electron chi connectivity index (χ0n) is 24.2. The lowest BCUT2D eigenvalue weighted by atomic mass is 9.93. The normalized spacial score (nSPS) is 18.1. The molecule has 1 aromatic heterocycles. The number of aromatic nitrogens is 2. The quantitative estimate of drug-likeness (QED) is 0.293. The molecule has 0 saturated carbocycles. The Kier molecular flexibility index (Phi) is 8.12. The molecule has 5 rings (SSSR count). The summed E-state index contributed by atoms with van der Waals surface area (Å²) in [6.07, 6.45) is 2.71. The fourth-order valence-corrected chi connectivity index (χ4v) is 5.92. The number of rotatable bonds is 8. The first kappa shape index (κ1) is 28.4. The standard InChI is InChI=1S/C30H40FN5O3Si/c1-30(2,3)40(4,5)39-15-11-32-29(37)22-18-24-28(34-27(20-33-24)35-13-16-38-17-14-35)26(19-22)36-12-10-25(36)21-6-8-23(31)9-7-21/h6-9,18-20,25H,10-17H2,1-5H3,(H,32,37). The van der Waals surface area contributed by atoms with Crippen LogP contribution >= 0.6 is 0 Å². The third-order valence-corrected chi connectivity index (χ3v) is 13.0. The Balaban J connectivity index is 1.42. The minimum Gasteiger partial charge on any atom is -0.415 e. The summed E-state index contributed by atoms with van der Waals surface area (Å²) in [5.41, 5.74) is 3.86. The molecule has 40 heavy (non-hydrogen) atoms. The number of morpholine rings is 1. The average Bonchev–Trinajstić information content (AvgIpc) is 2.91. The Morgan fingerprint density at radius 1 is 1.15 bits per heavy atom. The third kappa shape index (κ3) is 5.99. The van der Waals surface area contributed by atoms with E-state index in [-0.39, 0.29) is 22.8 Å². The highest BCUT2D eigenvalue weighted by atomic mass is 28.4. The number of hydrogen-bond acceptors (Lipinski definition) is 7. The number of amides is 1. The Morgan fingerprint density at radius 2 is 1.88 bits per heavy atom. The van der Waals surface area contributed by atoms with Gasteiger partial charge in [-0.15, -0.1) is 0 Å². The van der Waals surface area contributed by atoms with Gasteiger partial charge in [0.25, 0.3) is 5.91 Å². The van der Waals surface area contributed by atoms with Crippen LogP contribution in [0.2, 0.25) is 18.1 Å². The molecule has 1 N–H and O–H groups in total. The largest absolute Gasteiger partial charge is 0.415 e. The van der Waals surface area contributed by atoms with E-state index >= 15 is 0 Å². The Bertz CT molecular complexity index is 1360. The van der Waals surface area contributed by atoms with Crippen LogP contribution in [0.5, 0.6) is 0 Å². The van der Waals surface area contributed by atoms with Gasteiger partial charge in [0.1, 0.15) is 17.2 Å². The highest BCUT2D eigenvalue weighted by Crippen LogP contribution is 2.41. The number of carbonyl (C=O) groups is 1. The van der Waals surface area contributed by atoms with Crippen molar-refractivity contribution in [2.45, 2.75) is 51.4 Å². The van der Waals surface area contributed by atoms with Crippen LogP contribution in [0.3, 0.4) is 0 Å². The van der Waals surface area contributed by atoms with E-state index in [1.807, 2.05) is 24.3 Å². The zero-order valence-corrected chi connectivity index (χ0v) is 25.2. The van der Waals surface area contributed by atoms with Crippen molar-refractivity contribution in [3.63, 3.8) is 0 Å². The summed E-state index contributed by atoms with van der Waals surface area (Å²) < 4.78 is 25.4. The van der Waals surface area contributed by atoms with Crippen LogP contribution in [-0.2, 0) is 9.16 Å². The van der Waals surface area contributed by atoms with Crippen molar-refractivity contribution in [2.24, 2.45) is 0 Å². The number of nitrogens with zero attached hydrogens (tertiary/aromatic N) is 4. The highest BCUT2D eigenvalue weighted by Gasteiger charge is 2.37.